The third kappa shape index (κ3) is 3.34. The highest BCUT2D eigenvalue weighted by atomic mass is 19.4. The van der Waals surface area contributed by atoms with Crippen LogP contribution in [0.3, 0.4) is 0 Å². The molecule has 0 aromatic carbocycles. The summed E-state index contributed by atoms with van der Waals surface area (Å²) in [4.78, 5) is 6.85. The number of hydrogen-bond donors (Lipinski definition) is 0. The quantitative estimate of drug-likeness (QED) is 0.848. The van der Waals surface area contributed by atoms with E-state index in [4.69, 9.17) is 9.47 Å². The first kappa shape index (κ1) is 14.0. The Kier molecular flexibility index (Phi) is 3.93. The van der Waals surface area contributed by atoms with Gasteiger partial charge in [0.1, 0.15) is 0 Å². The van der Waals surface area contributed by atoms with Crippen LogP contribution < -0.4 is 4.74 Å². The van der Waals surface area contributed by atoms with E-state index in [1.165, 1.54) is 6.20 Å². The Morgan fingerprint density at radius 1 is 1.42 bits per heavy atom. The molecule has 1 aromatic rings. The van der Waals surface area contributed by atoms with Crippen LogP contribution in [0.2, 0.25) is 0 Å². The molecule has 1 saturated heterocycles. The summed E-state index contributed by atoms with van der Waals surface area (Å²) < 4.78 is 48.1. The van der Waals surface area contributed by atoms with Gasteiger partial charge in [-0.2, -0.15) is 18.2 Å². The molecule has 106 valence electrons. The summed E-state index contributed by atoms with van der Waals surface area (Å²) in [6.45, 7) is 5.17. The minimum Gasteiger partial charge on any atom is -0.477 e. The van der Waals surface area contributed by atoms with Crippen LogP contribution in [0.5, 0.6) is 5.88 Å². The van der Waals surface area contributed by atoms with Crippen molar-refractivity contribution in [2.45, 2.75) is 25.9 Å². The molecule has 0 amide bonds. The van der Waals surface area contributed by atoms with Crippen LogP contribution in [0.1, 0.15) is 31.2 Å². The molecule has 2 rings (SSSR count). The van der Waals surface area contributed by atoms with Gasteiger partial charge in [-0.15, -0.1) is 0 Å². The van der Waals surface area contributed by atoms with E-state index in [0.717, 1.165) is 0 Å². The number of ether oxygens (including phenoxy) is 2. The van der Waals surface area contributed by atoms with Gasteiger partial charge in [0.2, 0.25) is 11.7 Å². The van der Waals surface area contributed by atoms with Crippen molar-refractivity contribution >= 4 is 0 Å². The SMILES string of the molecule is CC(C)c1cnc(C(F)(F)F)nc1OCC1COC1. The predicted octanol–water partition coefficient (Wildman–Crippen LogP) is 2.64. The standard InChI is InChI=1S/C12H15F3N2O2/c1-7(2)9-3-16-11(12(13,14)15)17-10(9)19-6-8-4-18-5-8/h3,7-8H,4-6H2,1-2H3. The number of rotatable bonds is 4. The van der Waals surface area contributed by atoms with E-state index in [1.807, 2.05) is 13.8 Å². The fraction of sp³-hybridized carbons (Fsp3) is 0.667. The number of aromatic nitrogens is 2. The fourth-order valence-electron chi connectivity index (χ4n) is 1.60. The molecular weight excluding hydrogens is 261 g/mol. The lowest BCUT2D eigenvalue weighted by Crippen LogP contribution is -2.33. The number of hydrogen-bond acceptors (Lipinski definition) is 4. The van der Waals surface area contributed by atoms with Gasteiger partial charge < -0.3 is 9.47 Å². The van der Waals surface area contributed by atoms with Gasteiger partial charge in [-0.05, 0) is 5.92 Å². The molecule has 7 heteroatoms. The third-order valence-electron chi connectivity index (χ3n) is 2.82. The molecule has 0 atom stereocenters. The molecule has 2 heterocycles. The van der Waals surface area contributed by atoms with Crippen LogP contribution in [0.4, 0.5) is 13.2 Å². The molecule has 1 fully saturated rings. The number of nitrogens with zero attached hydrogens (tertiary/aromatic N) is 2. The second kappa shape index (κ2) is 5.32. The van der Waals surface area contributed by atoms with Gasteiger partial charge in [-0.25, -0.2) is 4.98 Å². The summed E-state index contributed by atoms with van der Waals surface area (Å²) in [5, 5.41) is 0. The predicted molar refractivity (Wildman–Crippen MR) is 60.9 cm³/mol. The van der Waals surface area contributed by atoms with Gasteiger partial charge in [0.25, 0.3) is 0 Å². The highest BCUT2D eigenvalue weighted by molar-refractivity contribution is 5.27. The summed E-state index contributed by atoms with van der Waals surface area (Å²) in [6, 6.07) is 0. The topological polar surface area (TPSA) is 44.2 Å². The summed E-state index contributed by atoms with van der Waals surface area (Å²) in [5.41, 5.74) is 0.577. The third-order valence-corrected chi connectivity index (χ3v) is 2.82. The van der Waals surface area contributed by atoms with Crippen molar-refractivity contribution < 1.29 is 22.6 Å². The van der Waals surface area contributed by atoms with Crippen LogP contribution in [-0.4, -0.2) is 29.8 Å². The summed E-state index contributed by atoms with van der Waals surface area (Å²) >= 11 is 0. The Balaban J connectivity index is 2.19. The zero-order chi connectivity index (χ0) is 14.0. The second-order valence-electron chi connectivity index (χ2n) is 4.82. The maximum Gasteiger partial charge on any atom is 0.451 e. The van der Waals surface area contributed by atoms with Crippen molar-refractivity contribution in [2.75, 3.05) is 19.8 Å². The largest absolute Gasteiger partial charge is 0.477 e. The molecular formula is C12H15F3N2O2. The second-order valence-corrected chi connectivity index (χ2v) is 4.82. The number of halogens is 3. The van der Waals surface area contributed by atoms with Crippen molar-refractivity contribution in [1.29, 1.82) is 0 Å². The molecule has 0 N–H and O–H groups in total. The van der Waals surface area contributed by atoms with E-state index in [9.17, 15) is 13.2 Å². The molecule has 0 bridgehead atoms. The maximum absolute atomic E-state index is 12.6. The van der Waals surface area contributed by atoms with Crippen molar-refractivity contribution in [2.24, 2.45) is 5.92 Å². The van der Waals surface area contributed by atoms with Crippen LogP contribution in [0.25, 0.3) is 0 Å². The summed E-state index contributed by atoms with van der Waals surface area (Å²) in [6.07, 6.45) is -3.37. The van der Waals surface area contributed by atoms with Crippen LogP contribution in [-0.2, 0) is 10.9 Å². The van der Waals surface area contributed by atoms with Gasteiger partial charge in [0.15, 0.2) is 0 Å². The maximum atomic E-state index is 12.6. The van der Waals surface area contributed by atoms with E-state index in [1.54, 1.807) is 0 Å². The minimum atomic E-state index is -4.56. The Hall–Kier alpha value is -1.37. The zero-order valence-corrected chi connectivity index (χ0v) is 10.7. The van der Waals surface area contributed by atoms with Gasteiger partial charge in [0, 0.05) is 17.7 Å². The molecule has 0 aliphatic carbocycles. The number of alkyl halides is 3. The van der Waals surface area contributed by atoms with Crippen molar-refractivity contribution in [3.05, 3.63) is 17.6 Å². The van der Waals surface area contributed by atoms with E-state index in [-0.39, 0.29) is 17.7 Å². The minimum absolute atomic E-state index is 0.00470. The lowest BCUT2D eigenvalue weighted by molar-refractivity contribution is -0.145. The van der Waals surface area contributed by atoms with Gasteiger partial charge >= 0.3 is 6.18 Å². The van der Waals surface area contributed by atoms with Crippen molar-refractivity contribution in [3.63, 3.8) is 0 Å². The molecule has 1 aliphatic rings. The molecule has 0 unspecified atom stereocenters. The van der Waals surface area contributed by atoms with E-state index >= 15 is 0 Å². The van der Waals surface area contributed by atoms with Crippen molar-refractivity contribution in [3.8, 4) is 5.88 Å². The molecule has 4 nitrogen and oxygen atoms in total. The smallest absolute Gasteiger partial charge is 0.451 e. The first-order valence-electron chi connectivity index (χ1n) is 6.02. The fourth-order valence-corrected chi connectivity index (χ4v) is 1.60. The molecule has 1 aromatic heterocycles. The molecule has 19 heavy (non-hydrogen) atoms. The van der Waals surface area contributed by atoms with E-state index < -0.39 is 12.0 Å². The average Bonchev–Trinajstić information content (AvgIpc) is 2.25. The van der Waals surface area contributed by atoms with Crippen LogP contribution in [0.15, 0.2) is 6.20 Å². The van der Waals surface area contributed by atoms with Gasteiger partial charge in [0.05, 0.1) is 19.8 Å². The summed E-state index contributed by atoms with van der Waals surface area (Å²) in [5.74, 6) is -0.930. The first-order valence-corrected chi connectivity index (χ1v) is 6.02. The first-order chi connectivity index (χ1) is 8.88. The van der Waals surface area contributed by atoms with Crippen molar-refractivity contribution in [1.82, 2.24) is 9.97 Å². The Morgan fingerprint density at radius 3 is 2.58 bits per heavy atom. The molecule has 1 aliphatic heterocycles. The molecule has 0 spiro atoms. The van der Waals surface area contributed by atoms with Gasteiger partial charge in [-0.3, -0.25) is 0 Å². The van der Waals surface area contributed by atoms with Crippen LogP contribution in [0, 0.1) is 5.92 Å². The summed E-state index contributed by atoms with van der Waals surface area (Å²) in [7, 11) is 0. The molecule has 0 saturated carbocycles. The molecule has 0 radical (unpaired) electrons. The van der Waals surface area contributed by atoms with Crippen LogP contribution >= 0.6 is 0 Å². The normalized spacial score (nSPS) is 16.5. The van der Waals surface area contributed by atoms with E-state index in [0.29, 0.717) is 25.4 Å². The average molecular weight is 276 g/mol. The van der Waals surface area contributed by atoms with E-state index in [2.05, 4.69) is 9.97 Å². The lowest BCUT2D eigenvalue weighted by atomic mass is 10.1. The zero-order valence-electron chi connectivity index (χ0n) is 10.7. The monoisotopic (exact) mass is 276 g/mol. The highest BCUT2D eigenvalue weighted by Gasteiger charge is 2.35. The van der Waals surface area contributed by atoms with Gasteiger partial charge in [-0.1, -0.05) is 13.8 Å². The highest BCUT2D eigenvalue weighted by Crippen LogP contribution is 2.31. The Labute approximate surface area is 109 Å². The Bertz CT molecular complexity index is 445. The lowest BCUT2D eigenvalue weighted by Gasteiger charge is -2.26. The Morgan fingerprint density at radius 2 is 2.11 bits per heavy atom.